The van der Waals surface area contributed by atoms with E-state index in [1.54, 1.807) is 6.07 Å². The zero-order chi connectivity index (χ0) is 27.2. The van der Waals surface area contributed by atoms with Gasteiger partial charge in [0.25, 0.3) is 0 Å². The van der Waals surface area contributed by atoms with E-state index in [9.17, 15) is 9.90 Å². The van der Waals surface area contributed by atoms with Gasteiger partial charge < -0.3 is 20.2 Å². The zero-order valence-corrected chi connectivity index (χ0v) is 24.5. The fourth-order valence-electron chi connectivity index (χ4n) is 6.44. The third-order valence-electron chi connectivity index (χ3n) is 8.86. The maximum atomic E-state index is 11.5. The van der Waals surface area contributed by atoms with E-state index in [-0.39, 0.29) is 6.04 Å². The highest BCUT2D eigenvalue weighted by molar-refractivity contribution is 6.35. The normalized spacial score (nSPS) is 28.7. The molecule has 10 heteroatoms. The third-order valence-corrected chi connectivity index (χ3v) is 9.87. The van der Waals surface area contributed by atoms with Crippen LogP contribution < -0.4 is 10.2 Å². The molecule has 38 heavy (non-hydrogen) atoms. The number of carbonyl (C=O) groups is 1. The molecule has 2 aromatic rings. The van der Waals surface area contributed by atoms with Gasteiger partial charge >= 0.3 is 5.97 Å². The number of halogens is 3. The predicted octanol–water partition coefficient (Wildman–Crippen LogP) is 6.71. The highest BCUT2D eigenvalue weighted by atomic mass is 35.5. The fourth-order valence-corrected chi connectivity index (χ4v) is 7.15. The van der Waals surface area contributed by atoms with Crippen LogP contribution in [0.4, 0.5) is 11.8 Å². The monoisotopic (exact) mass is 579 g/mol. The number of carboxylic acids is 1. The highest BCUT2D eigenvalue weighted by Crippen LogP contribution is 2.45. The first kappa shape index (κ1) is 27.8. The van der Waals surface area contributed by atoms with Crippen molar-refractivity contribution in [2.75, 3.05) is 36.4 Å². The summed E-state index contributed by atoms with van der Waals surface area (Å²) in [5.41, 5.74) is 1.11. The van der Waals surface area contributed by atoms with E-state index in [2.05, 4.69) is 15.1 Å². The molecule has 1 saturated carbocycles. The van der Waals surface area contributed by atoms with Crippen molar-refractivity contribution in [1.29, 1.82) is 0 Å². The summed E-state index contributed by atoms with van der Waals surface area (Å²) in [5.74, 6) is 1.84. The second-order valence-corrected chi connectivity index (χ2v) is 12.8. The van der Waals surface area contributed by atoms with Crippen LogP contribution in [0.2, 0.25) is 15.1 Å². The summed E-state index contributed by atoms with van der Waals surface area (Å²) in [7, 11) is 0. The molecule has 0 amide bonds. The largest absolute Gasteiger partial charge is 0.481 e. The van der Waals surface area contributed by atoms with Gasteiger partial charge in [0.05, 0.1) is 17.2 Å². The Morgan fingerprint density at radius 1 is 1.13 bits per heavy atom. The number of benzene rings is 1. The molecule has 1 aromatic carbocycles. The number of rotatable bonds is 7. The summed E-state index contributed by atoms with van der Waals surface area (Å²) in [4.78, 5) is 26.0. The van der Waals surface area contributed by atoms with Crippen molar-refractivity contribution >= 4 is 52.5 Å². The van der Waals surface area contributed by atoms with Crippen LogP contribution in [0, 0.1) is 24.2 Å². The molecule has 0 radical (unpaired) electrons. The van der Waals surface area contributed by atoms with Gasteiger partial charge in [-0.2, -0.15) is 4.98 Å². The minimum Gasteiger partial charge on any atom is -0.481 e. The molecule has 5 rings (SSSR count). The van der Waals surface area contributed by atoms with E-state index in [0.29, 0.717) is 44.7 Å². The van der Waals surface area contributed by atoms with Gasteiger partial charge in [-0.25, -0.2) is 4.98 Å². The SMILES string of the molecule is Cc1nc(N2CCC(C3CCCN(C4CC(C)(C(=O)O)C4)C3)C2)nc(N[C@H](C)c2ccc(Cl)cc2Cl)c1Cl. The van der Waals surface area contributed by atoms with Gasteiger partial charge in [0, 0.05) is 35.7 Å². The molecule has 2 saturated heterocycles. The van der Waals surface area contributed by atoms with E-state index < -0.39 is 11.4 Å². The molecule has 3 atom stereocenters. The van der Waals surface area contributed by atoms with Gasteiger partial charge in [0.1, 0.15) is 5.02 Å². The molecule has 3 heterocycles. The van der Waals surface area contributed by atoms with Crippen molar-refractivity contribution in [3.8, 4) is 0 Å². The lowest BCUT2D eigenvalue weighted by molar-refractivity contribution is -0.158. The minimum absolute atomic E-state index is 0.117. The van der Waals surface area contributed by atoms with Gasteiger partial charge in [-0.1, -0.05) is 40.9 Å². The van der Waals surface area contributed by atoms with Crippen LogP contribution in [0.25, 0.3) is 0 Å². The van der Waals surface area contributed by atoms with Crippen LogP contribution >= 0.6 is 34.8 Å². The Labute approximate surface area is 239 Å². The first-order chi connectivity index (χ1) is 18.0. The topological polar surface area (TPSA) is 81.6 Å². The molecule has 2 unspecified atom stereocenters. The highest BCUT2D eigenvalue weighted by Gasteiger charge is 2.49. The number of likely N-dealkylation sites (tertiary alicyclic amines) is 1. The van der Waals surface area contributed by atoms with Gasteiger partial charge in [0.15, 0.2) is 5.82 Å². The van der Waals surface area contributed by atoms with E-state index in [4.69, 9.17) is 44.8 Å². The summed E-state index contributed by atoms with van der Waals surface area (Å²) >= 11 is 19.1. The molecule has 206 valence electrons. The fraction of sp³-hybridized carbons (Fsp3) is 0.607. The molecule has 3 fully saturated rings. The van der Waals surface area contributed by atoms with E-state index in [1.807, 2.05) is 32.9 Å². The second-order valence-electron chi connectivity index (χ2n) is 11.6. The van der Waals surface area contributed by atoms with Crippen LogP contribution in [0.1, 0.15) is 63.3 Å². The number of carboxylic acid groups (broad SMARTS) is 1. The number of aryl methyl sites for hydroxylation is 1. The molecule has 0 bridgehead atoms. The number of aromatic nitrogens is 2. The van der Waals surface area contributed by atoms with E-state index in [0.717, 1.165) is 56.7 Å². The van der Waals surface area contributed by atoms with Crippen molar-refractivity contribution in [3.05, 3.63) is 44.5 Å². The lowest BCUT2D eigenvalue weighted by Crippen LogP contribution is -2.55. The van der Waals surface area contributed by atoms with Crippen LogP contribution in [0.3, 0.4) is 0 Å². The lowest BCUT2D eigenvalue weighted by Gasteiger charge is -2.50. The summed E-state index contributed by atoms with van der Waals surface area (Å²) in [6.07, 6.45) is 5.04. The summed E-state index contributed by atoms with van der Waals surface area (Å²) < 4.78 is 0. The number of hydrogen-bond acceptors (Lipinski definition) is 6. The van der Waals surface area contributed by atoms with Crippen molar-refractivity contribution in [2.45, 2.75) is 65.0 Å². The summed E-state index contributed by atoms with van der Waals surface area (Å²) in [6.45, 7) is 9.79. The molecule has 0 spiro atoms. The van der Waals surface area contributed by atoms with Crippen LogP contribution in [-0.2, 0) is 4.79 Å². The maximum absolute atomic E-state index is 11.5. The van der Waals surface area contributed by atoms with E-state index in [1.165, 1.54) is 12.8 Å². The number of aliphatic carboxylic acids is 1. The Hall–Kier alpha value is -1.80. The molecule has 7 nitrogen and oxygen atoms in total. The Morgan fingerprint density at radius 3 is 2.58 bits per heavy atom. The Bertz CT molecular complexity index is 1210. The second kappa shape index (κ2) is 11.0. The zero-order valence-electron chi connectivity index (χ0n) is 22.2. The predicted molar refractivity (Wildman–Crippen MR) is 154 cm³/mol. The van der Waals surface area contributed by atoms with Crippen LogP contribution in [-0.4, -0.2) is 58.2 Å². The summed E-state index contributed by atoms with van der Waals surface area (Å²) in [6, 6.07) is 5.76. The van der Waals surface area contributed by atoms with Crippen molar-refractivity contribution < 1.29 is 9.90 Å². The van der Waals surface area contributed by atoms with E-state index >= 15 is 0 Å². The van der Waals surface area contributed by atoms with Crippen molar-refractivity contribution in [1.82, 2.24) is 14.9 Å². The lowest BCUT2D eigenvalue weighted by atomic mass is 9.65. The molecule has 1 aromatic heterocycles. The van der Waals surface area contributed by atoms with Crippen molar-refractivity contribution in [2.24, 2.45) is 17.3 Å². The van der Waals surface area contributed by atoms with Crippen molar-refractivity contribution in [3.63, 3.8) is 0 Å². The smallest absolute Gasteiger partial charge is 0.309 e. The number of anilines is 2. The minimum atomic E-state index is -0.661. The average Bonchev–Trinajstić information content (AvgIpc) is 3.35. The van der Waals surface area contributed by atoms with Gasteiger partial charge in [0.2, 0.25) is 5.95 Å². The molecular formula is C28H36Cl3N5O2. The third kappa shape index (κ3) is 5.58. The van der Waals surface area contributed by atoms with Gasteiger partial charge in [-0.3, -0.25) is 4.79 Å². The Kier molecular flexibility index (Phi) is 8.03. The van der Waals surface area contributed by atoms with Crippen LogP contribution in [0.15, 0.2) is 18.2 Å². The number of nitrogens with one attached hydrogen (secondary N) is 1. The number of hydrogen-bond donors (Lipinski definition) is 2. The molecular weight excluding hydrogens is 545 g/mol. The number of nitrogens with zero attached hydrogens (tertiary/aromatic N) is 4. The molecule has 1 aliphatic carbocycles. The molecule has 3 aliphatic rings. The van der Waals surface area contributed by atoms with Gasteiger partial charge in [-0.05, 0) is 89.0 Å². The standard InChI is InChI=1S/C28H36Cl3N5O2/c1-16(22-7-6-20(29)11-23(22)30)32-25-24(31)17(2)33-27(34-25)36-10-8-19(15-36)18-5-4-9-35(14-18)21-12-28(3,13-21)26(37)38/h6-7,11,16,18-19,21H,4-5,8-10,12-15H2,1-3H3,(H,37,38)(H,32,33,34)/t16-,18?,19?,21?,28?/m1/s1. The average molecular weight is 581 g/mol. The maximum Gasteiger partial charge on any atom is 0.309 e. The Balaban J connectivity index is 1.24. The first-order valence-corrected chi connectivity index (χ1v) is 14.7. The molecule has 2 aliphatic heterocycles. The van der Waals surface area contributed by atoms with Crippen LogP contribution in [0.5, 0.6) is 0 Å². The Morgan fingerprint density at radius 2 is 1.87 bits per heavy atom. The quantitative estimate of drug-likeness (QED) is 0.377. The summed E-state index contributed by atoms with van der Waals surface area (Å²) in [5, 5.41) is 14.6. The molecule has 2 N–H and O–H groups in total. The first-order valence-electron chi connectivity index (χ1n) is 13.5. The number of piperidine rings is 1. The van der Waals surface area contributed by atoms with Gasteiger partial charge in [-0.15, -0.1) is 0 Å².